The first-order valence-corrected chi connectivity index (χ1v) is 5.62. The molecule has 0 saturated heterocycles. The summed E-state index contributed by atoms with van der Waals surface area (Å²) in [5.41, 5.74) is -3.86. The fourth-order valence-electron chi connectivity index (χ4n) is 1.53. The van der Waals surface area contributed by atoms with Crippen LogP contribution in [0.25, 0.3) is 0 Å². The standard InChI is InChI=1S/C11H13FN2O7/c12-7-2-8(13-11(3-15,4-16)5-17)9(14(20)21)1-6(7)10(18)19/h1-2,13,15-17H,3-5H2,(H,18,19). The molecule has 0 unspecified atom stereocenters. The number of carboxylic acid groups (broad SMARTS) is 1. The number of hydrogen-bond donors (Lipinski definition) is 5. The van der Waals surface area contributed by atoms with Gasteiger partial charge in [0, 0.05) is 12.1 Å². The summed E-state index contributed by atoms with van der Waals surface area (Å²) >= 11 is 0. The number of benzene rings is 1. The van der Waals surface area contributed by atoms with Crippen LogP contribution in [0.5, 0.6) is 0 Å². The van der Waals surface area contributed by atoms with E-state index in [-0.39, 0.29) is 0 Å². The predicted octanol–water partition coefficient (Wildman–Crippen LogP) is -0.440. The zero-order valence-corrected chi connectivity index (χ0v) is 10.6. The van der Waals surface area contributed by atoms with Crippen molar-refractivity contribution in [1.82, 2.24) is 0 Å². The molecule has 0 heterocycles. The van der Waals surface area contributed by atoms with Crippen LogP contribution in [0.4, 0.5) is 15.8 Å². The molecule has 0 bridgehead atoms. The highest BCUT2D eigenvalue weighted by Gasteiger charge is 2.32. The lowest BCUT2D eigenvalue weighted by atomic mass is 10.0. The number of anilines is 1. The number of rotatable bonds is 7. The molecular formula is C11H13FN2O7. The van der Waals surface area contributed by atoms with Gasteiger partial charge in [0.05, 0.1) is 24.7 Å². The molecule has 1 aromatic rings. The van der Waals surface area contributed by atoms with Crippen molar-refractivity contribution in [3.63, 3.8) is 0 Å². The van der Waals surface area contributed by atoms with E-state index in [0.717, 1.165) is 0 Å². The molecule has 9 nitrogen and oxygen atoms in total. The first-order chi connectivity index (χ1) is 9.80. The van der Waals surface area contributed by atoms with Crippen LogP contribution in [-0.2, 0) is 0 Å². The molecule has 5 N–H and O–H groups in total. The van der Waals surface area contributed by atoms with Crippen molar-refractivity contribution in [3.8, 4) is 0 Å². The maximum Gasteiger partial charge on any atom is 0.338 e. The minimum atomic E-state index is -1.72. The summed E-state index contributed by atoms with van der Waals surface area (Å²) in [7, 11) is 0. The summed E-state index contributed by atoms with van der Waals surface area (Å²) in [5, 5.41) is 49.3. The number of nitro benzene ring substituents is 1. The van der Waals surface area contributed by atoms with Crippen molar-refractivity contribution in [2.45, 2.75) is 5.54 Å². The van der Waals surface area contributed by atoms with E-state index in [1.165, 1.54) is 0 Å². The molecule has 0 spiro atoms. The Morgan fingerprint density at radius 2 is 1.81 bits per heavy atom. The Morgan fingerprint density at radius 1 is 1.29 bits per heavy atom. The maximum absolute atomic E-state index is 13.6. The van der Waals surface area contributed by atoms with Crippen molar-refractivity contribution in [1.29, 1.82) is 0 Å². The largest absolute Gasteiger partial charge is 0.478 e. The third kappa shape index (κ3) is 3.42. The summed E-state index contributed by atoms with van der Waals surface area (Å²) < 4.78 is 13.6. The third-order valence-electron chi connectivity index (χ3n) is 2.82. The molecule has 0 fully saturated rings. The lowest BCUT2D eigenvalue weighted by Crippen LogP contribution is -2.49. The minimum absolute atomic E-state index is 0.473. The molecule has 0 aromatic heterocycles. The predicted molar refractivity (Wildman–Crippen MR) is 67.6 cm³/mol. The number of aliphatic hydroxyl groups excluding tert-OH is 3. The molecule has 0 atom stereocenters. The number of aromatic carboxylic acids is 1. The van der Waals surface area contributed by atoms with Gasteiger partial charge in [-0.1, -0.05) is 0 Å². The molecule has 1 aromatic carbocycles. The van der Waals surface area contributed by atoms with Crippen LogP contribution in [0, 0.1) is 15.9 Å². The Labute approximate surface area is 117 Å². The molecule has 0 radical (unpaired) electrons. The lowest BCUT2D eigenvalue weighted by Gasteiger charge is -2.29. The molecular weight excluding hydrogens is 291 g/mol. The number of nitrogens with one attached hydrogen (secondary N) is 1. The van der Waals surface area contributed by atoms with Gasteiger partial charge in [-0.15, -0.1) is 0 Å². The van der Waals surface area contributed by atoms with Crippen molar-refractivity contribution in [2.24, 2.45) is 0 Å². The van der Waals surface area contributed by atoms with Crippen molar-refractivity contribution >= 4 is 17.3 Å². The normalized spacial score (nSPS) is 11.2. The van der Waals surface area contributed by atoms with Crippen LogP contribution >= 0.6 is 0 Å². The minimum Gasteiger partial charge on any atom is -0.478 e. The van der Waals surface area contributed by atoms with Crippen LogP contribution in [0.15, 0.2) is 12.1 Å². The first kappa shape index (κ1) is 16.8. The SMILES string of the molecule is O=C(O)c1cc([N+](=O)[O-])c(NC(CO)(CO)CO)cc1F. The second-order valence-electron chi connectivity index (χ2n) is 4.29. The molecule has 21 heavy (non-hydrogen) atoms. The number of nitrogens with zero attached hydrogens (tertiary/aromatic N) is 1. The van der Waals surface area contributed by atoms with Crippen molar-refractivity contribution in [2.75, 3.05) is 25.1 Å². The quantitative estimate of drug-likeness (QED) is 0.335. The van der Waals surface area contributed by atoms with Gasteiger partial charge in [-0.25, -0.2) is 9.18 Å². The van der Waals surface area contributed by atoms with Crippen LogP contribution in [0.1, 0.15) is 10.4 Å². The highest BCUT2D eigenvalue weighted by molar-refractivity contribution is 5.90. The van der Waals surface area contributed by atoms with E-state index in [2.05, 4.69) is 5.32 Å². The molecule has 0 amide bonds. The van der Waals surface area contributed by atoms with Crippen molar-refractivity contribution in [3.05, 3.63) is 33.6 Å². The molecule has 0 saturated carbocycles. The fourth-order valence-corrected chi connectivity index (χ4v) is 1.53. The fraction of sp³-hybridized carbons (Fsp3) is 0.364. The number of hydrogen-bond acceptors (Lipinski definition) is 7. The number of carboxylic acids is 1. The molecule has 116 valence electrons. The van der Waals surface area contributed by atoms with Gasteiger partial charge >= 0.3 is 5.97 Å². The van der Waals surface area contributed by atoms with E-state index in [1.54, 1.807) is 0 Å². The lowest BCUT2D eigenvalue weighted by molar-refractivity contribution is -0.384. The Hall–Kier alpha value is -2.30. The van der Waals surface area contributed by atoms with E-state index in [9.17, 15) is 19.3 Å². The van der Waals surface area contributed by atoms with Gasteiger partial charge in [0.25, 0.3) is 5.69 Å². The zero-order valence-electron chi connectivity index (χ0n) is 10.6. The summed E-state index contributed by atoms with van der Waals surface area (Å²) in [6.07, 6.45) is 0. The van der Waals surface area contributed by atoms with Gasteiger partial charge < -0.3 is 25.7 Å². The third-order valence-corrected chi connectivity index (χ3v) is 2.82. The second kappa shape index (κ2) is 6.43. The highest BCUT2D eigenvalue weighted by atomic mass is 19.1. The molecule has 0 aliphatic carbocycles. The van der Waals surface area contributed by atoms with Crippen LogP contribution in [-0.4, -0.2) is 56.7 Å². The first-order valence-electron chi connectivity index (χ1n) is 5.62. The van der Waals surface area contributed by atoms with E-state index in [1.807, 2.05) is 0 Å². The second-order valence-corrected chi connectivity index (χ2v) is 4.29. The van der Waals surface area contributed by atoms with Crippen LogP contribution < -0.4 is 5.32 Å². The summed E-state index contributed by atoms with van der Waals surface area (Å²) in [6, 6.07) is 1.06. The number of halogens is 1. The molecule has 0 aliphatic rings. The van der Waals surface area contributed by atoms with E-state index < -0.39 is 59.0 Å². The van der Waals surface area contributed by atoms with Gasteiger partial charge in [0.1, 0.15) is 22.6 Å². The Bertz CT molecular complexity index is 551. The van der Waals surface area contributed by atoms with E-state index >= 15 is 0 Å². The number of carbonyl (C=O) groups is 1. The summed E-state index contributed by atoms with van der Waals surface area (Å²) in [4.78, 5) is 20.7. The maximum atomic E-state index is 13.6. The molecule has 10 heteroatoms. The van der Waals surface area contributed by atoms with E-state index in [4.69, 9.17) is 20.4 Å². The topological polar surface area (TPSA) is 153 Å². The number of aliphatic hydroxyl groups is 3. The van der Waals surface area contributed by atoms with Crippen LogP contribution in [0.3, 0.4) is 0 Å². The Kier molecular flexibility index (Phi) is 5.13. The zero-order chi connectivity index (χ0) is 16.2. The highest BCUT2D eigenvalue weighted by Crippen LogP contribution is 2.30. The van der Waals surface area contributed by atoms with E-state index in [0.29, 0.717) is 12.1 Å². The summed E-state index contributed by atoms with van der Waals surface area (Å²) in [5.74, 6) is -2.92. The van der Waals surface area contributed by atoms with Crippen molar-refractivity contribution < 1.29 is 34.5 Å². The Morgan fingerprint density at radius 3 is 2.19 bits per heavy atom. The van der Waals surface area contributed by atoms with Gasteiger partial charge in [-0.05, 0) is 0 Å². The Balaban J connectivity index is 3.38. The average Bonchev–Trinajstić information content (AvgIpc) is 2.44. The monoisotopic (exact) mass is 304 g/mol. The smallest absolute Gasteiger partial charge is 0.338 e. The van der Waals surface area contributed by atoms with Gasteiger partial charge in [-0.3, -0.25) is 10.1 Å². The average molecular weight is 304 g/mol. The molecule has 1 rings (SSSR count). The van der Waals surface area contributed by atoms with Crippen LogP contribution in [0.2, 0.25) is 0 Å². The van der Waals surface area contributed by atoms with Gasteiger partial charge in [-0.2, -0.15) is 0 Å². The number of nitro groups is 1. The summed E-state index contributed by atoms with van der Waals surface area (Å²) in [6.45, 7) is -2.38. The van der Waals surface area contributed by atoms with Gasteiger partial charge in [0.15, 0.2) is 0 Å². The molecule has 0 aliphatic heterocycles. The van der Waals surface area contributed by atoms with Gasteiger partial charge in [0.2, 0.25) is 0 Å².